The van der Waals surface area contributed by atoms with E-state index in [4.69, 9.17) is 5.73 Å². The van der Waals surface area contributed by atoms with Gasteiger partial charge in [-0.15, -0.1) is 0 Å². The fraction of sp³-hybridized carbons (Fsp3) is 0.591. The summed E-state index contributed by atoms with van der Waals surface area (Å²) in [7, 11) is 0. The number of carbonyl (C=O) groups excluding carboxylic acids is 2. The van der Waals surface area contributed by atoms with E-state index in [0.29, 0.717) is 18.0 Å². The molecular weight excluding hydrogens is 368 g/mol. The summed E-state index contributed by atoms with van der Waals surface area (Å²) in [6.07, 6.45) is 5.82. The van der Waals surface area contributed by atoms with Crippen LogP contribution in [0.25, 0.3) is 11.0 Å². The summed E-state index contributed by atoms with van der Waals surface area (Å²) in [4.78, 5) is 38.3. The number of aryl methyl sites for hydroxylation is 1. The van der Waals surface area contributed by atoms with Crippen molar-refractivity contribution >= 4 is 23.0 Å². The number of fused-ring (bicyclic) bond motifs is 1. The Morgan fingerprint density at radius 1 is 1.21 bits per heavy atom. The standard InChI is InChI=1S/C22H32N4O3/c1-14-9-8-12-16-17(14)25(13-15-10-6-5-7-11-15)21(29)26(16)20(28)24-18(19(23)27)22(2,3)4/h8-9,12,15,18H,5-7,10-11,13H2,1-4H3,(H2,23,27)(H,24,28)/t18-/m1/s1. The van der Waals surface area contributed by atoms with Crippen LogP contribution in [0.3, 0.4) is 0 Å². The lowest BCUT2D eigenvalue weighted by Crippen LogP contribution is -2.54. The van der Waals surface area contributed by atoms with Crippen molar-refractivity contribution in [1.29, 1.82) is 0 Å². The van der Waals surface area contributed by atoms with Crippen LogP contribution < -0.4 is 16.7 Å². The summed E-state index contributed by atoms with van der Waals surface area (Å²) < 4.78 is 2.88. The van der Waals surface area contributed by atoms with Gasteiger partial charge in [-0.3, -0.25) is 9.36 Å². The Labute approximate surface area is 171 Å². The van der Waals surface area contributed by atoms with Crippen molar-refractivity contribution in [1.82, 2.24) is 14.5 Å². The largest absolute Gasteiger partial charge is 0.368 e. The molecule has 0 radical (unpaired) electrons. The van der Waals surface area contributed by atoms with Crippen molar-refractivity contribution in [2.75, 3.05) is 0 Å². The minimum Gasteiger partial charge on any atom is -0.368 e. The molecule has 0 saturated heterocycles. The molecule has 1 aromatic carbocycles. The summed E-state index contributed by atoms with van der Waals surface area (Å²) in [5.41, 5.74) is 6.86. The minimum atomic E-state index is -0.886. The highest BCUT2D eigenvalue weighted by Gasteiger charge is 2.33. The van der Waals surface area contributed by atoms with Gasteiger partial charge in [-0.25, -0.2) is 14.2 Å². The first kappa shape index (κ1) is 21.1. The zero-order valence-corrected chi connectivity index (χ0v) is 17.8. The lowest BCUT2D eigenvalue weighted by Gasteiger charge is -2.28. The van der Waals surface area contributed by atoms with E-state index in [1.807, 2.05) is 39.8 Å². The number of hydrogen-bond acceptors (Lipinski definition) is 3. The predicted octanol–water partition coefficient (Wildman–Crippen LogP) is 3.15. The molecule has 7 heteroatoms. The van der Waals surface area contributed by atoms with Crippen LogP contribution in [-0.4, -0.2) is 27.1 Å². The molecule has 1 aliphatic rings. The van der Waals surface area contributed by atoms with Gasteiger partial charge in [0, 0.05) is 6.54 Å². The van der Waals surface area contributed by atoms with Crippen LogP contribution in [0, 0.1) is 18.3 Å². The van der Waals surface area contributed by atoms with Gasteiger partial charge in [0.1, 0.15) is 6.04 Å². The van der Waals surface area contributed by atoms with Crippen LogP contribution in [0.15, 0.2) is 23.0 Å². The first-order chi connectivity index (χ1) is 13.6. The van der Waals surface area contributed by atoms with E-state index in [0.717, 1.165) is 28.5 Å². The molecule has 0 unspecified atom stereocenters. The van der Waals surface area contributed by atoms with Crippen molar-refractivity contribution in [3.05, 3.63) is 34.2 Å². The Kier molecular flexibility index (Phi) is 5.87. The number of benzene rings is 1. The van der Waals surface area contributed by atoms with Gasteiger partial charge in [-0.2, -0.15) is 0 Å². The summed E-state index contributed by atoms with van der Waals surface area (Å²) in [6, 6.07) is 4.05. The number of nitrogens with one attached hydrogen (secondary N) is 1. The number of nitrogens with two attached hydrogens (primary N) is 1. The van der Waals surface area contributed by atoms with Gasteiger partial charge in [0.25, 0.3) is 0 Å². The van der Waals surface area contributed by atoms with Crippen molar-refractivity contribution in [2.45, 2.75) is 72.4 Å². The van der Waals surface area contributed by atoms with Gasteiger partial charge >= 0.3 is 11.7 Å². The van der Waals surface area contributed by atoms with Crippen molar-refractivity contribution in [3.8, 4) is 0 Å². The van der Waals surface area contributed by atoms with E-state index in [2.05, 4.69) is 5.32 Å². The molecule has 0 bridgehead atoms. The molecule has 1 aliphatic carbocycles. The Balaban J connectivity index is 2.05. The van der Waals surface area contributed by atoms with Crippen molar-refractivity contribution in [3.63, 3.8) is 0 Å². The highest BCUT2D eigenvalue weighted by molar-refractivity contribution is 5.93. The van der Waals surface area contributed by atoms with E-state index in [1.165, 1.54) is 19.3 Å². The second-order valence-corrected chi connectivity index (χ2v) is 9.33. The SMILES string of the molecule is Cc1cccc2c1n(CC1CCCCC1)c(=O)n2C(=O)N[C@H](C(N)=O)C(C)(C)C. The average Bonchev–Trinajstić information content (AvgIpc) is 2.92. The van der Waals surface area contributed by atoms with E-state index in [9.17, 15) is 14.4 Å². The number of rotatable bonds is 4. The Bertz CT molecular complexity index is 974. The maximum absolute atomic E-state index is 13.3. The van der Waals surface area contributed by atoms with Crippen molar-refractivity contribution in [2.24, 2.45) is 17.1 Å². The summed E-state index contributed by atoms with van der Waals surface area (Å²) in [6.45, 7) is 8.02. The number of primary amides is 1. The van der Waals surface area contributed by atoms with Gasteiger partial charge in [-0.1, -0.05) is 52.2 Å². The highest BCUT2D eigenvalue weighted by atomic mass is 16.2. The lowest BCUT2D eigenvalue weighted by molar-refractivity contribution is -0.122. The molecule has 1 aromatic heterocycles. The first-order valence-corrected chi connectivity index (χ1v) is 10.4. The van der Waals surface area contributed by atoms with Gasteiger partial charge in [0.15, 0.2) is 0 Å². The van der Waals surface area contributed by atoms with Crippen LogP contribution >= 0.6 is 0 Å². The number of nitrogens with zero attached hydrogens (tertiary/aromatic N) is 2. The molecule has 2 aromatic rings. The number of amides is 2. The summed E-state index contributed by atoms with van der Waals surface area (Å²) in [5.74, 6) is -0.183. The molecule has 1 atom stereocenters. The quantitative estimate of drug-likeness (QED) is 0.824. The molecule has 1 saturated carbocycles. The zero-order valence-electron chi connectivity index (χ0n) is 17.8. The normalized spacial score (nSPS) is 16.7. The molecule has 3 rings (SSSR count). The van der Waals surface area contributed by atoms with Crippen LogP contribution in [-0.2, 0) is 11.3 Å². The molecule has 29 heavy (non-hydrogen) atoms. The van der Waals surface area contributed by atoms with Gasteiger partial charge in [0.2, 0.25) is 5.91 Å². The van der Waals surface area contributed by atoms with Crippen LogP contribution in [0.1, 0.15) is 58.4 Å². The first-order valence-electron chi connectivity index (χ1n) is 10.4. The average molecular weight is 401 g/mol. The molecular formula is C22H32N4O3. The number of imidazole rings is 1. The lowest BCUT2D eigenvalue weighted by atomic mass is 9.86. The minimum absolute atomic E-state index is 0.366. The third kappa shape index (κ3) is 4.23. The topological polar surface area (TPSA) is 99.1 Å². The number of hydrogen-bond donors (Lipinski definition) is 2. The Hall–Kier alpha value is -2.57. The highest BCUT2D eigenvalue weighted by Crippen LogP contribution is 2.27. The van der Waals surface area contributed by atoms with Crippen molar-refractivity contribution < 1.29 is 9.59 Å². The third-order valence-corrected chi connectivity index (χ3v) is 5.94. The Morgan fingerprint density at radius 3 is 2.45 bits per heavy atom. The molecule has 1 fully saturated rings. The van der Waals surface area contributed by atoms with Crippen LogP contribution in [0.5, 0.6) is 0 Å². The fourth-order valence-electron chi connectivity index (χ4n) is 4.39. The maximum Gasteiger partial charge on any atom is 0.337 e. The summed E-state index contributed by atoms with van der Waals surface area (Å²) in [5, 5.41) is 2.68. The second-order valence-electron chi connectivity index (χ2n) is 9.33. The third-order valence-electron chi connectivity index (χ3n) is 5.94. The Morgan fingerprint density at radius 2 is 1.86 bits per heavy atom. The fourth-order valence-corrected chi connectivity index (χ4v) is 4.39. The molecule has 0 spiro atoms. The van der Waals surface area contributed by atoms with E-state index < -0.39 is 23.4 Å². The van der Waals surface area contributed by atoms with E-state index >= 15 is 0 Å². The van der Waals surface area contributed by atoms with E-state index in [1.54, 1.807) is 10.6 Å². The van der Waals surface area contributed by atoms with Crippen LogP contribution in [0.2, 0.25) is 0 Å². The predicted molar refractivity (Wildman–Crippen MR) is 114 cm³/mol. The molecule has 2 amide bonds. The smallest absolute Gasteiger partial charge is 0.337 e. The number of carbonyl (C=O) groups is 2. The number of aromatic nitrogens is 2. The molecule has 3 N–H and O–H groups in total. The van der Waals surface area contributed by atoms with E-state index in [-0.39, 0.29) is 5.69 Å². The monoisotopic (exact) mass is 400 g/mol. The molecule has 7 nitrogen and oxygen atoms in total. The summed E-state index contributed by atoms with van der Waals surface area (Å²) >= 11 is 0. The molecule has 1 heterocycles. The molecule has 0 aliphatic heterocycles. The maximum atomic E-state index is 13.3. The molecule has 158 valence electrons. The van der Waals surface area contributed by atoms with Gasteiger partial charge in [0.05, 0.1) is 11.0 Å². The number of para-hydroxylation sites is 1. The van der Waals surface area contributed by atoms with Crippen LogP contribution in [0.4, 0.5) is 4.79 Å². The van der Waals surface area contributed by atoms with Gasteiger partial charge in [-0.05, 0) is 42.7 Å². The second kappa shape index (κ2) is 8.05. The van der Waals surface area contributed by atoms with Gasteiger partial charge < -0.3 is 11.1 Å². The zero-order chi connectivity index (χ0) is 21.3.